The first kappa shape index (κ1) is 15.3. The Morgan fingerprint density at radius 2 is 2.05 bits per heavy atom. The van der Waals surface area contributed by atoms with Crippen LogP contribution in [0.4, 0.5) is 0 Å². The molecule has 0 aliphatic heterocycles. The van der Waals surface area contributed by atoms with Crippen LogP contribution in [0.1, 0.15) is 6.92 Å². The van der Waals surface area contributed by atoms with Gasteiger partial charge in [-0.3, -0.25) is 4.79 Å². The SMILES string of the molecule is C[C@@H](O)[C@H](NC(=O)COc1ccccc1Cl)C(=O)O. The number of aliphatic carboxylic acids is 1. The second kappa shape index (κ2) is 6.96. The molecular weight excluding hydrogens is 274 g/mol. The number of carboxylic acids is 1. The van der Waals surface area contributed by atoms with Crippen LogP contribution in [0.3, 0.4) is 0 Å². The number of halogens is 1. The molecule has 19 heavy (non-hydrogen) atoms. The summed E-state index contributed by atoms with van der Waals surface area (Å²) in [6.45, 7) is 0.883. The van der Waals surface area contributed by atoms with E-state index in [-0.39, 0.29) is 6.61 Å². The van der Waals surface area contributed by atoms with Crippen molar-refractivity contribution >= 4 is 23.5 Å². The number of amides is 1. The fourth-order valence-electron chi connectivity index (χ4n) is 1.31. The first-order valence-corrected chi connectivity index (χ1v) is 5.87. The van der Waals surface area contributed by atoms with Gasteiger partial charge in [0.2, 0.25) is 0 Å². The molecule has 0 unspecified atom stereocenters. The molecule has 1 aromatic carbocycles. The predicted octanol–water partition coefficient (Wildman–Crippen LogP) is 0.669. The van der Waals surface area contributed by atoms with Gasteiger partial charge in [-0.1, -0.05) is 23.7 Å². The fourth-order valence-corrected chi connectivity index (χ4v) is 1.50. The lowest BCUT2D eigenvalue weighted by atomic mass is 10.2. The molecule has 0 radical (unpaired) electrons. The van der Waals surface area contributed by atoms with Gasteiger partial charge in [0.1, 0.15) is 5.75 Å². The van der Waals surface area contributed by atoms with E-state index < -0.39 is 24.0 Å². The molecule has 0 aliphatic rings. The summed E-state index contributed by atoms with van der Waals surface area (Å²) in [5.74, 6) is -1.66. The molecule has 0 heterocycles. The van der Waals surface area contributed by atoms with E-state index in [9.17, 15) is 14.7 Å². The van der Waals surface area contributed by atoms with Crippen LogP contribution in [-0.2, 0) is 9.59 Å². The standard InChI is InChI=1S/C12H14ClNO5/c1-7(15)11(12(17)18)14-10(16)6-19-9-5-3-2-4-8(9)13/h2-5,7,11,15H,6H2,1H3,(H,14,16)(H,17,18)/t7-,11+/m1/s1. The number of carbonyl (C=O) groups excluding carboxylic acids is 1. The van der Waals surface area contributed by atoms with Gasteiger partial charge in [-0.05, 0) is 19.1 Å². The molecule has 1 amide bonds. The number of nitrogens with one attached hydrogen (secondary N) is 1. The molecule has 1 aromatic rings. The lowest BCUT2D eigenvalue weighted by Crippen LogP contribution is -2.49. The van der Waals surface area contributed by atoms with Crippen molar-refractivity contribution in [2.45, 2.75) is 19.1 Å². The number of hydrogen-bond donors (Lipinski definition) is 3. The molecule has 7 heteroatoms. The van der Waals surface area contributed by atoms with Gasteiger partial charge in [-0.25, -0.2) is 4.79 Å². The van der Waals surface area contributed by atoms with Crippen molar-refractivity contribution in [1.29, 1.82) is 0 Å². The molecule has 0 saturated carbocycles. The second-order valence-corrected chi connectivity index (χ2v) is 4.25. The zero-order valence-electron chi connectivity index (χ0n) is 10.2. The monoisotopic (exact) mass is 287 g/mol. The highest BCUT2D eigenvalue weighted by Crippen LogP contribution is 2.22. The summed E-state index contributed by atoms with van der Waals surface area (Å²) in [7, 11) is 0. The molecule has 0 saturated heterocycles. The summed E-state index contributed by atoms with van der Waals surface area (Å²) in [5, 5.41) is 20.5. The first-order valence-electron chi connectivity index (χ1n) is 5.49. The summed E-state index contributed by atoms with van der Waals surface area (Å²) < 4.78 is 5.14. The van der Waals surface area contributed by atoms with Gasteiger partial charge < -0.3 is 20.3 Å². The zero-order valence-corrected chi connectivity index (χ0v) is 10.9. The highest BCUT2D eigenvalue weighted by molar-refractivity contribution is 6.32. The van der Waals surface area contributed by atoms with Gasteiger partial charge in [-0.2, -0.15) is 0 Å². The molecular formula is C12H14ClNO5. The Kier molecular flexibility index (Phi) is 5.59. The van der Waals surface area contributed by atoms with Gasteiger partial charge in [0, 0.05) is 0 Å². The van der Waals surface area contributed by atoms with Crippen LogP contribution < -0.4 is 10.1 Å². The number of ether oxygens (including phenoxy) is 1. The summed E-state index contributed by atoms with van der Waals surface area (Å²) >= 11 is 5.82. The number of carbonyl (C=O) groups is 2. The topological polar surface area (TPSA) is 95.9 Å². The normalized spacial score (nSPS) is 13.4. The number of para-hydroxylation sites is 1. The van der Waals surface area contributed by atoms with Crippen LogP contribution in [0.15, 0.2) is 24.3 Å². The molecule has 2 atom stereocenters. The summed E-state index contributed by atoms with van der Waals surface area (Å²) in [6, 6.07) is 5.21. The third-order valence-corrected chi connectivity index (χ3v) is 2.57. The Morgan fingerprint density at radius 3 is 2.58 bits per heavy atom. The van der Waals surface area contributed by atoms with Crippen LogP contribution in [0.2, 0.25) is 5.02 Å². The zero-order chi connectivity index (χ0) is 14.4. The van der Waals surface area contributed by atoms with E-state index in [0.29, 0.717) is 10.8 Å². The van der Waals surface area contributed by atoms with Crippen LogP contribution in [0.25, 0.3) is 0 Å². The average Bonchev–Trinajstić information content (AvgIpc) is 2.34. The highest BCUT2D eigenvalue weighted by Gasteiger charge is 2.25. The third-order valence-electron chi connectivity index (χ3n) is 2.26. The van der Waals surface area contributed by atoms with E-state index in [1.54, 1.807) is 24.3 Å². The average molecular weight is 288 g/mol. The first-order chi connectivity index (χ1) is 8.91. The number of hydrogen-bond acceptors (Lipinski definition) is 4. The minimum absolute atomic E-state index is 0.322. The van der Waals surface area contributed by atoms with Crippen LogP contribution in [0.5, 0.6) is 5.75 Å². The molecule has 0 spiro atoms. The fraction of sp³-hybridized carbons (Fsp3) is 0.333. The van der Waals surface area contributed by atoms with Crippen molar-refractivity contribution in [2.24, 2.45) is 0 Å². The van der Waals surface area contributed by atoms with Gasteiger partial charge in [0.05, 0.1) is 11.1 Å². The molecule has 0 bridgehead atoms. The Labute approximate surface area is 114 Å². The summed E-state index contributed by atoms with van der Waals surface area (Å²) in [4.78, 5) is 22.3. The van der Waals surface area contributed by atoms with Crippen molar-refractivity contribution in [3.05, 3.63) is 29.3 Å². The molecule has 6 nitrogen and oxygen atoms in total. The molecule has 3 N–H and O–H groups in total. The van der Waals surface area contributed by atoms with Crippen molar-refractivity contribution in [3.63, 3.8) is 0 Å². The van der Waals surface area contributed by atoms with E-state index in [1.165, 1.54) is 6.92 Å². The highest BCUT2D eigenvalue weighted by atomic mass is 35.5. The van der Waals surface area contributed by atoms with Crippen molar-refractivity contribution < 1.29 is 24.5 Å². The smallest absolute Gasteiger partial charge is 0.328 e. The Bertz CT molecular complexity index is 463. The van der Waals surface area contributed by atoms with E-state index in [4.69, 9.17) is 21.4 Å². The Morgan fingerprint density at radius 1 is 1.42 bits per heavy atom. The predicted molar refractivity (Wildman–Crippen MR) is 68.2 cm³/mol. The quantitative estimate of drug-likeness (QED) is 0.715. The molecule has 0 aliphatic carbocycles. The molecule has 0 aromatic heterocycles. The van der Waals surface area contributed by atoms with E-state index >= 15 is 0 Å². The van der Waals surface area contributed by atoms with E-state index in [0.717, 1.165) is 0 Å². The number of carboxylic acid groups (broad SMARTS) is 1. The molecule has 104 valence electrons. The van der Waals surface area contributed by atoms with Crippen LogP contribution in [0, 0.1) is 0 Å². The number of rotatable bonds is 6. The number of aliphatic hydroxyl groups excluding tert-OH is 1. The number of aliphatic hydroxyl groups is 1. The Hall–Kier alpha value is -1.79. The van der Waals surface area contributed by atoms with Crippen molar-refractivity contribution in [3.8, 4) is 5.75 Å². The molecule has 1 rings (SSSR count). The molecule has 0 fully saturated rings. The summed E-state index contributed by atoms with van der Waals surface area (Å²) in [6.07, 6.45) is -1.21. The van der Waals surface area contributed by atoms with Crippen molar-refractivity contribution in [2.75, 3.05) is 6.61 Å². The largest absolute Gasteiger partial charge is 0.482 e. The van der Waals surface area contributed by atoms with Crippen LogP contribution >= 0.6 is 11.6 Å². The van der Waals surface area contributed by atoms with Gasteiger partial charge in [0.25, 0.3) is 5.91 Å². The van der Waals surface area contributed by atoms with Gasteiger partial charge in [0.15, 0.2) is 12.6 Å². The van der Waals surface area contributed by atoms with E-state index in [2.05, 4.69) is 5.32 Å². The number of benzene rings is 1. The van der Waals surface area contributed by atoms with Gasteiger partial charge >= 0.3 is 5.97 Å². The minimum atomic E-state index is -1.37. The van der Waals surface area contributed by atoms with E-state index in [1.807, 2.05) is 0 Å². The van der Waals surface area contributed by atoms with Gasteiger partial charge in [-0.15, -0.1) is 0 Å². The lowest BCUT2D eigenvalue weighted by molar-refractivity contribution is -0.145. The maximum Gasteiger partial charge on any atom is 0.328 e. The summed E-state index contributed by atoms with van der Waals surface area (Å²) in [5.41, 5.74) is 0. The van der Waals surface area contributed by atoms with Crippen molar-refractivity contribution in [1.82, 2.24) is 5.32 Å². The minimum Gasteiger partial charge on any atom is -0.482 e. The Balaban J connectivity index is 2.52. The third kappa shape index (κ3) is 4.76. The van der Waals surface area contributed by atoms with Crippen LogP contribution in [-0.4, -0.2) is 40.8 Å². The second-order valence-electron chi connectivity index (χ2n) is 3.84. The lowest BCUT2D eigenvalue weighted by Gasteiger charge is -2.17. The maximum absolute atomic E-state index is 11.5. The maximum atomic E-state index is 11.5.